The highest BCUT2D eigenvalue weighted by Crippen LogP contribution is 2.40. The van der Waals surface area contributed by atoms with Crippen LogP contribution < -0.4 is 5.32 Å². The summed E-state index contributed by atoms with van der Waals surface area (Å²) in [5.41, 5.74) is 2.02. The number of amides is 1. The predicted octanol–water partition coefficient (Wildman–Crippen LogP) is 4.41. The third kappa shape index (κ3) is 6.10. The van der Waals surface area contributed by atoms with E-state index in [1.807, 2.05) is 59.8 Å². The van der Waals surface area contributed by atoms with Crippen LogP contribution in [0.1, 0.15) is 71.1 Å². The fourth-order valence-electron chi connectivity index (χ4n) is 2.95. The summed E-state index contributed by atoms with van der Waals surface area (Å²) in [7, 11) is 0. The molecule has 7 heteroatoms. The van der Waals surface area contributed by atoms with Gasteiger partial charge in [-0.3, -0.25) is 14.6 Å². The molecule has 1 aliphatic heterocycles. The molecule has 2 rings (SSSR count). The van der Waals surface area contributed by atoms with Gasteiger partial charge in [-0.25, -0.2) is 0 Å². The van der Waals surface area contributed by atoms with Crippen molar-refractivity contribution in [2.24, 2.45) is 4.99 Å². The van der Waals surface area contributed by atoms with E-state index >= 15 is 0 Å². The first-order valence-electron chi connectivity index (χ1n) is 9.64. The van der Waals surface area contributed by atoms with Crippen LogP contribution in [-0.2, 0) is 20.4 Å². The molecule has 29 heavy (non-hydrogen) atoms. The Hall–Kier alpha value is -2.28. The minimum atomic E-state index is -0.856. The van der Waals surface area contributed by atoms with Crippen LogP contribution in [0.5, 0.6) is 5.75 Å². The molecule has 1 aromatic rings. The standard InChI is InChI=1S/C22H30N2O4S/c1-21(2,3)14-10-13(11-15(18(14)27)22(4,5)6)12-16-19(28)24-20(29-16)23-9-7-8-17(25)26/h10-12,27H,7-9H2,1-6H3,(H,25,26)(H,23,24,28). The molecule has 3 N–H and O–H groups in total. The maximum Gasteiger partial charge on any atom is 0.303 e. The quantitative estimate of drug-likeness (QED) is 0.486. The number of amidine groups is 1. The van der Waals surface area contributed by atoms with Crippen molar-refractivity contribution < 1.29 is 19.8 Å². The summed E-state index contributed by atoms with van der Waals surface area (Å²) < 4.78 is 0. The molecule has 0 bridgehead atoms. The van der Waals surface area contributed by atoms with Gasteiger partial charge in [-0.05, 0) is 52.8 Å². The van der Waals surface area contributed by atoms with Crippen LogP contribution in [0.3, 0.4) is 0 Å². The van der Waals surface area contributed by atoms with Crippen LogP contribution in [-0.4, -0.2) is 33.8 Å². The van der Waals surface area contributed by atoms with E-state index in [0.29, 0.717) is 28.8 Å². The molecule has 1 aliphatic rings. The van der Waals surface area contributed by atoms with E-state index < -0.39 is 5.97 Å². The molecule has 1 heterocycles. The lowest BCUT2D eigenvalue weighted by Gasteiger charge is -2.28. The number of carboxylic acid groups (broad SMARTS) is 1. The lowest BCUT2D eigenvalue weighted by molar-refractivity contribution is -0.137. The smallest absolute Gasteiger partial charge is 0.303 e. The summed E-state index contributed by atoms with van der Waals surface area (Å²) in [6.45, 7) is 12.6. The normalized spacial score (nSPS) is 17.8. The van der Waals surface area contributed by atoms with Gasteiger partial charge in [-0.15, -0.1) is 0 Å². The summed E-state index contributed by atoms with van der Waals surface area (Å²) >= 11 is 1.24. The fourth-order valence-corrected chi connectivity index (χ4v) is 3.79. The third-order valence-electron chi connectivity index (χ3n) is 4.50. The van der Waals surface area contributed by atoms with E-state index in [9.17, 15) is 14.7 Å². The predicted molar refractivity (Wildman–Crippen MR) is 118 cm³/mol. The van der Waals surface area contributed by atoms with Gasteiger partial charge in [-0.2, -0.15) is 0 Å². The van der Waals surface area contributed by atoms with Crippen LogP contribution in [0.15, 0.2) is 22.0 Å². The number of phenolic OH excluding ortho intramolecular Hbond substituents is 1. The minimum absolute atomic E-state index is 0.0523. The summed E-state index contributed by atoms with van der Waals surface area (Å²) in [6.07, 6.45) is 2.29. The number of nitrogens with one attached hydrogen (secondary N) is 1. The van der Waals surface area contributed by atoms with Crippen molar-refractivity contribution >= 4 is 34.9 Å². The van der Waals surface area contributed by atoms with Crippen molar-refractivity contribution in [3.8, 4) is 5.75 Å². The highest BCUT2D eigenvalue weighted by Gasteiger charge is 2.28. The van der Waals surface area contributed by atoms with Gasteiger partial charge in [0.05, 0.1) is 4.91 Å². The minimum Gasteiger partial charge on any atom is -0.507 e. The number of aliphatic carboxylic acids is 1. The average Bonchev–Trinajstić information content (AvgIpc) is 2.90. The Kier molecular flexibility index (Phi) is 6.83. The lowest BCUT2D eigenvalue weighted by Crippen LogP contribution is -2.20. The van der Waals surface area contributed by atoms with Gasteiger partial charge in [0.25, 0.3) is 5.91 Å². The van der Waals surface area contributed by atoms with Gasteiger partial charge in [0.15, 0.2) is 5.17 Å². The zero-order valence-electron chi connectivity index (χ0n) is 17.9. The van der Waals surface area contributed by atoms with Crippen LogP contribution in [0, 0.1) is 0 Å². The van der Waals surface area contributed by atoms with Crippen molar-refractivity contribution in [2.45, 2.75) is 65.2 Å². The molecule has 0 unspecified atom stereocenters. The number of aliphatic imine (C=N–C) groups is 1. The Balaban J connectivity index is 2.35. The van der Waals surface area contributed by atoms with Crippen molar-refractivity contribution in [2.75, 3.05) is 6.54 Å². The van der Waals surface area contributed by atoms with Gasteiger partial charge >= 0.3 is 5.97 Å². The number of phenols is 1. The molecule has 1 saturated heterocycles. The average molecular weight is 419 g/mol. The van der Waals surface area contributed by atoms with Crippen LogP contribution in [0.25, 0.3) is 6.08 Å². The number of aromatic hydroxyl groups is 1. The van der Waals surface area contributed by atoms with Crippen molar-refractivity contribution in [3.05, 3.63) is 33.7 Å². The van der Waals surface area contributed by atoms with E-state index in [-0.39, 0.29) is 23.2 Å². The monoisotopic (exact) mass is 418 g/mol. The topological polar surface area (TPSA) is 99.0 Å². The number of benzene rings is 1. The van der Waals surface area contributed by atoms with Crippen LogP contribution in [0.2, 0.25) is 0 Å². The third-order valence-corrected chi connectivity index (χ3v) is 5.45. The number of hydrogen-bond donors (Lipinski definition) is 3. The number of rotatable bonds is 5. The molecule has 6 nitrogen and oxygen atoms in total. The van der Waals surface area contributed by atoms with E-state index in [1.165, 1.54) is 11.8 Å². The fraction of sp³-hybridized carbons (Fsp3) is 0.500. The van der Waals surface area contributed by atoms with Gasteiger partial charge < -0.3 is 15.5 Å². The molecule has 158 valence electrons. The molecule has 0 aromatic heterocycles. The Morgan fingerprint density at radius 3 is 2.17 bits per heavy atom. The Morgan fingerprint density at radius 1 is 1.14 bits per heavy atom. The Bertz CT molecular complexity index is 839. The lowest BCUT2D eigenvalue weighted by atomic mass is 9.78. The second kappa shape index (κ2) is 8.61. The second-order valence-electron chi connectivity index (χ2n) is 9.21. The Labute approximate surface area is 176 Å². The number of thioether (sulfide) groups is 1. The van der Waals surface area contributed by atoms with Crippen molar-refractivity contribution in [1.82, 2.24) is 5.32 Å². The summed E-state index contributed by atoms with van der Waals surface area (Å²) in [4.78, 5) is 27.7. The van der Waals surface area contributed by atoms with Crippen molar-refractivity contribution in [1.29, 1.82) is 0 Å². The largest absolute Gasteiger partial charge is 0.507 e. The van der Waals surface area contributed by atoms with E-state index in [1.54, 1.807) is 0 Å². The SMILES string of the molecule is CC(C)(C)c1cc(C=C2SC(=NCCCC(=O)O)NC2=O)cc(C(C)(C)C)c1O. The Morgan fingerprint density at radius 2 is 1.69 bits per heavy atom. The molecular formula is C22H30N2O4S. The number of carbonyl (C=O) groups is 2. The molecule has 1 fully saturated rings. The van der Waals surface area contributed by atoms with Crippen molar-refractivity contribution in [3.63, 3.8) is 0 Å². The molecule has 1 aromatic carbocycles. The summed E-state index contributed by atoms with van der Waals surface area (Å²) in [5.74, 6) is -0.781. The zero-order valence-corrected chi connectivity index (χ0v) is 18.7. The first-order chi connectivity index (χ1) is 13.3. The first kappa shape index (κ1) is 23.0. The molecule has 0 aliphatic carbocycles. The number of hydrogen-bond acceptors (Lipinski definition) is 5. The van der Waals surface area contributed by atoms with Gasteiger partial charge in [0.1, 0.15) is 5.75 Å². The summed E-state index contributed by atoms with van der Waals surface area (Å²) in [6, 6.07) is 3.85. The maximum absolute atomic E-state index is 12.3. The zero-order chi connectivity index (χ0) is 22.0. The molecule has 1 amide bonds. The summed E-state index contributed by atoms with van der Waals surface area (Å²) in [5, 5.41) is 22.7. The highest BCUT2D eigenvalue weighted by atomic mass is 32.2. The van der Waals surface area contributed by atoms with Gasteiger partial charge in [-0.1, -0.05) is 41.5 Å². The van der Waals surface area contributed by atoms with Gasteiger partial charge in [0, 0.05) is 24.1 Å². The number of carbonyl (C=O) groups excluding carboxylic acids is 1. The maximum atomic E-state index is 12.3. The van der Waals surface area contributed by atoms with E-state index in [0.717, 1.165) is 16.7 Å². The van der Waals surface area contributed by atoms with Crippen LogP contribution >= 0.6 is 11.8 Å². The van der Waals surface area contributed by atoms with E-state index in [4.69, 9.17) is 5.11 Å². The number of nitrogens with zero attached hydrogens (tertiary/aromatic N) is 1. The van der Waals surface area contributed by atoms with Crippen LogP contribution in [0.4, 0.5) is 0 Å². The molecule has 0 atom stereocenters. The molecular weight excluding hydrogens is 388 g/mol. The molecule has 0 saturated carbocycles. The van der Waals surface area contributed by atoms with Gasteiger partial charge in [0.2, 0.25) is 0 Å². The molecule has 0 spiro atoms. The number of carboxylic acids is 1. The first-order valence-corrected chi connectivity index (χ1v) is 10.5. The molecule has 0 radical (unpaired) electrons. The highest BCUT2D eigenvalue weighted by molar-refractivity contribution is 8.18. The second-order valence-corrected chi connectivity index (χ2v) is 10.2. The van der Waals surface area contributed by atoms with E-state index in [2.05, 4.69) is 10.3 Å².